The fraction of sp³-hybridized carbons (Fsp3) is 0.273. The zero-order chi connectivity index (χ0) is 21.7. The Kier molecular flexibility index (Phi) is 6.46. The highest BCUT2D eigenvalue weighted by molar-refractivity contribution is 6.05. The third kappa shape index (κ3) is 4.48. The summed E-state index contributed by atoms with van der Waals surface area (Å²) in [4.78, 5) is 37.8. The summed E-state index contributed by atoms with van der Waals surface area (Å²) in [6.07, 6.45) is 0.790. The molecule has 1 atom stereocenters. The van der Waals surface area contributed by atoms with Crippen molar-refractivity contribution in [3.05, 3.63) is 64.6 Å². The van der Waals surface area contributed by atoms with Crippen molar-refractivity contribution in [1.82, 2.24) is 20.4 Å². The molecule has 8 nitrogen and oxygen atoms in total. The Morgan fingerprint density at radius 1 is 1.10 bits per heavy atom. The summed E-state index contributed by atoms with van der Waals surface area (Å²) in [5.74, 6) is -0.184. The molecule has 0 aliphatic heterocycles. The fourth-order valence-corrected chi connectivity index (χ4v) is 2.93. The van der Waals surface area contributed by atoms with Gasteiger partial charge in [0.1, 0.15) is 5.75 Å². The van der Waals surface area contributed by atoms with Crippen LogP contribution in [0.3, 0.4) is 0 Å². The molecule has 3 aromatic rings. The largest absolute Gasteiger partial charge is 0.497 e. The molecule has 0 unspecified atom stereocenters. The summed E-state index contributed by atoms with van der Waals surface area (Å²) >= 11 is 0. The van der Waals surface area contributed by atoms with Gasteiger partial charge in [0.25, 0.3) is 11.5 Å². The lowest BCUT2D eigenvalue weighted by Crippen LogP contribution is -2.41. The second kappa shape index (κ2) is 9.21. The van der Waals surface area contributed by atoms with Gasteiger partial charge in [0.05, 0.1) is 24.7 Å². The molecule has 0 radical (unpaired) electrons. The smallest absolute Gasteiger partial charge is 0.279 e. The first-order valence-corrected chi connectivity index (χ1v) is 9.68. The Bertz CT molecular complexity index is 1120. The lowest BCUT2D eigenvalue weighted by molar-refractivity contribution is -0.120. The Labute approximate surface area is 173 Å². The number of aromatic nitrogens is 2. The highest BCUT2D eigenvalue weighted by Crippen LogP contribution is 2.17. The Morgan fingerprint density at radius 3 is 2.40 bits per heavy atom. The van der Waals surface area contributed by atoms with E-state index in [2.05, 4.69) is 15.7 Å². The molecule has 1 heterocycles. The molecule has 0 saturated heterocycles. The molecule has 30 heavy (non-hydrogen) atoms. The second-order valence-electron chi connectivity index (χ2n) is 6.87. The highest BCUT2D eigenvalue weighted by atomic mass is 16.5. The second-order valence-corrected chi connectivity index (χ2v) is 6.87. The summed E-state index contributed by atoms with van der Waals surface area (Å²) in [5, 5.41) is 10.5. The molecule has 1 aromatic heterocycles. The minimum Gasteiger partial charge on any atom is -0.497 e. The van der Waals surface area contributed by atoms with E-state index in [-0.39, 0.29) is 29.7 Å². The molecule has 0 aliphatic rings. The van der Waals surface area contributed by atoms with Crippen LogP contribution in [0, 0.1) is 0 Å². The molecule has 2 N–H and O–H groups in total. The third-order valence-electron chi connectivity index (χ3n) is 4.77. The Hall–Kier alpha value is -3.68. The lowest BCUT2D eigenvalue weighted by atomic mass is 10.1. The van der Waals surface area contributed by atoms with E-state index >= 15 is 0 Å². The normalized spacial score (nSPS) is 11.7. The number of carbonyl (C=O) groups excluding carboxylic acids is 2. The summed E-state index contributed by atoms with van der Waals surface area (Å²) in [5.41, 5.74) is 0.217. The molecule has 2 amide bonds. The quantitative estimate of drug-likeness (QED) is 0.623. The van der Waals surface area contributed by atoms with Crippen LogP contribution in [0.5, 0.6) is 5.75 Å². The van der Waals surface area contributed by atoms with Crippen LogP contribution in [0.15, 0.2) is 53.3 Å². The number of carbonyl (C=O) groups is 2. The number of rotatable bonds is 7. The molecule has 0 saturated carbocycles. The van der Waals surface area contributed by atoms with Crippen LogP contribution in [0.1, 0.15) is 30.8 Å². The van der Waals surface area contributed by atoms with Crippen LogP contribution in [0.2, 0.25) is 0 Å². The number of ether oxygens (including phenoxy) is 1. The first-order valence-electron chi connectivity index (χ1n) is 9.68. The zero-order valence-electron chi connectivity index (χ0n) is 17.1. The fourth-order valence-electron chi connectivity index (χ4n) is 2.93. The average molecular weight is 408 g/mol. The predicted octanol–water partition coefficient (Wildman–Crippen LogP) is 2.04. The number of amides is 2. The van der Waals surface area contributed by atoms with Crippen LogP contribution < -0.4 is 20.9 Å². The van der Waals surface area contributed by atoms with Crippen molar-refractivity contribution in [2.75, 3.05) is 13.7 Å². The molecule has 0 spiro atoms. The van der Waals surface area contributed by atoms with Gasteiger partial charge in [-0.05, 0) is 43.7 Å². The van der Waals surface area contributed by atoms with Crippen molar-refractivity contribution >= 4 is 22.6 Å². The van der Waals surface area contributed by atoms with E-state index in [1.54, 1.807) is 55.6 Å². The minimum atomic E-state index is -0.534. The minimum absolute atomic E-state index is 0.0188. The maximum Gasteiger partial charge on any atom is 0.279 e. The van der Waals surface area contributed by atoms with E-state index in [0.717, 1.165) is 6.42 Å². The summed E-state index contributed by atoms with van der Waals surface area (Å²) in [6.45, 7) is 3.67. The Morgan fingerprint density at radius 2 is 1.77 bits per heavy atom. The molecule has 2 aromatic carbocycles. The topological polar surface area (TPSA) is 102 Å². The molecule has 0 bridgehead atoms. The first kappa shape index (κ1) is 21.0. The number of methoxy groups -OCH3 is 1. The van der Waals surface area contributed by atoms with Crippen LogP contribution in [-0.4, -0.2) is 41.3 Å². The van der Waals surface area contributed by atoms with Crippen LogP contribution in [0.25, 0.3) is 16.5 Å². The third-order valence-corrected chi connectivity index (χ3v) is 4.77. The van der Waals surface area contributed by atoms with E-state index in [1.807, 2.05) is 13.8 Å². The van der Waals surface area contributed by atoms with Crippen molar-refractivity contribution in [3.8, 4) is 11.4 Å². The van der Waals surface area contributed by atoms with E-state index in [1.165, 1.54) is 4.68 Å². The van der Waals surface area contributed by atoms with Crippen molar-refractivity contribution in [2.24, 2.45) is 0 Å². The van der Waals surface area contributed by atoms with Gasteiger partial charge in [0, 0.05) is 11.4 Å². The van der Waals surface area contributed by atoms with E-state index in [9.17, 15) is 14.4 Å². The number of fused-ring (bicyclic) bond motifs is 1. The molecular weight excluding hydrogens is 384 g/mol. The number of nitrogens with one attached hydrogen (secondary N) is 2. The molecule has 3 rings (SSSR count). The van der Waals surface area contributed by atoms with E-state index < -0.39 is 5.91 Å². The Balaban J connectivity index is 1.97. The van der Waals surface area contributed by atoms with Gasteiger partial charge in [-0.25, -0.2) is 0 Å². The molecular formula is C22H24N4O4. The standard InChI is InChI=1S/C22H24N4O4/c1-4-14(2)24-19(27)13-23-21(28)20-17-7-5-6-8-18(17)22(29)26(25-20)15-9-11-16(30-3)12-10-15/h5-12,14H,4,13H2,1-3H3,(H,23,28)(H,24,27)/t14-/m0/s1. The van der Waals surface area contributed by atoms with Gasteiger partial charge < -0.3 is 15.4 Å². The van der Waals surface area contributed by atoms with Gasteiger partial charge in [-0.1, -0.05) is 25.1 Å². The summed E-state index contributed by atoms with van der Waals surface area (Å²) < 4.78 is 6.32. The van der Waals surface area contributed by atoms with E-state index in [4.69, 9.17) is 4.74 Å². The number of hydrogen-bond donors (Lipinski definition) is 2. The van der Waals surface area contributed by atoms with Gasteiger partial charge in [0.15, 0.2) is 5.69 Å². The monoisotopic (exact) mass is 408 g/mol. The number of benzene rings is 2. The van der Waals surface area contributed by atoms with Crippen molar-refractivity contribution in [1.29, 1.82) is 0 Å². The van der Waals surface area contributed by atoms with Crippen LogP contribution in [0.4, 0.5) is 0 Å². The lowest BCUT2D eigenvalue weighted by Gasteiger charge is -2.13. The number of nitrogens with zero attached hydrogens (tertiary/aromatic N) is 2. The molecule has 0 fully saturated rings. The predicted molar refractivity (Wildman–Crippen MR) is 114 cm³/mol. The summed E-state index contributed by atoms with van der Waals surface area (Å²) in [6, 6.07) is 13.6. The molecule has 0 aliphatic carbocycles. The maximum atomic E-state index is 13.0. The highest BCUT2D eigenvalue weighted by Gasteiger charge is 2.18. The molecule has 156 valence electrons. The average Bonchev–Trinajstić information content (AvgIpc) is 2.78. The first-order chi connectivity index (χ1) is 14.4. The summed E-state index contributed by atoms with van der Waals surface area (Å²) in [7, 11) is 1.55. The van der Waals surface area contributed by atoms with Gasteiger partial charge in [-0.3, -0.25) is 14.4 Å². The zero-order valence-corrected chi connectivity index (χ0v) is 17.1. The van der Waals surface area contributed by atoms with Gasteiger partial charge in [-0.2, -0.15) is 9.78 Å². The van der Waals surface area contributed by atoms with Crippen molar-refractivity contribution in [2.45, 2.75) is 26.3 Å². The van der Waals surface area contributed by atoms with Crippen LogP contribution in [-0.2, 0) is 4.79 Å². The van der Waals surface area contributed by atoms with E-state index in [0.29, 0.717) is 22.2 Å². The SMILES string of the molecule is CC[C@H](C)NC(=O)CNC(=O)c1nn(-c2ccc(OC)cc2)c(=O)c2ccccc12. The van der Waals surface area contributed by atoms with Crippen molar-refractivity contribution < 1.29 is 14.3 Å². The van der Waals surface area contributed by atoms with Gasteiger partial charge in [0.2, 0.25) is 5.91 Å². The van der Waals surface area contributed by atoms with Gasteiger partial charge >= 0.3 is 0 Å². The molecule has 8 heteroatoms. The maximum absolute atomic E-state index is 13.0. The van der Waals surface area contributed by atoms with Crippen molar-refractivity contribution in [3.63, 3.8) is 0 Å². The van der Waals surface area contributed by atoms with Crippen LogP contribution >= 0.6 is 0 Å². The van der Waals surface area contributed by atoms with Gasteiger partial charge in [-0.15, -0.1) is 0 Å². The number of hydrogen-bond acceptors (Lipinski definition) is 5.